The lowest BCUT2D eigenvalue weighted by atomic mass is 10.1. The lowest BCUT2D eigenvalue weighted by molar-refractivity contribution is -0.127. The number of carbonyl (C=O) groups excluding carboxylic acids is 3. The predicted molar refractivity (Wildman–Crippen MR) is 89.4 cm³/mol. The summed E-state index contributed by atoms with van der Waals surface area (Å²) in [6.45, 7) is 3.08. The highest BCUT2D eigenvalue weighted by Crippen LogP contribution is 2.12. The van der Waals surface area contributed by atoms with Crippen molar-refractivity contribution < 1.29 is 23.5 Å². The number of ether oxygens (including phenoxy) is 1. The molecule has 0 aromatic heterocycles. The van der Waals surface area contributed by atoms with Crippen LogP contribution in [0.5, 0.6) is 0 Å². The lowest BCUT2D eigenvalue weighted by Gasteiger charge is -2.31. The van der Waals surface area contributed by atoms with Gasteiger partial charge < -0.3 is 20.3 Å². The van der Waals surface area contributed by atoms with Crippen LogP contribution in [0.3, 0.4) is 0 Å². The summed E-state index contributed by atoms with van der Waals surface area (Å²) in [7, 11) is 0. The molecule has 1 aromatic rings. The van der Waals surface area contributed by atoms with Crippen molar-refractivity contribution >= 4 is 23.6 Å². The van der Waals surface area contributed by atoms with Gasteiger partial charge in [-0.15, -0.1) is 0 Å². The van der Waals surface area contributed by atoms with Gasteiger partial charge in [0.05, 0.1) is 6.61 Å². The molecule has 8 heteroatoms. The number of nitrogens with zero attached hydrogens (tertiary/aromatic N) is 1. The summed E-state index contributed by atoms with van der Waals surface area (Å²) in [5.74, 6) is -1.37. The van der Waals surface area contributed by atoms with E-state index in [1.165, 1.54) is 18.2 Å². The maximum atomic E-state index is 13.1. The molecule has 2 N–H and O–H groups in total. The van der Waals surface area contributed by atoms with Crippen molar-refractivity contribution in [3.8, 4) is 0 Å². The Kier molecular flexibility index (Phi) is 6.73. The molecule has 0 bridgehead atoms. The Morgan fingerprint density at radius 3 is 2.60 bits per heavy atom. The van der Waals surface area contributed by atoms with E-state index in [1.54, 1.807) is 17.9 Å². The number of halogens is 1. The minimum atomic E-state index is -0.507. The van der Waals surface area contributed by atoms with Crippen LogP contribution < -0.4 is 10.6 Å². The molecule has 0 spiro atoms. The first-order chi connectivity index (χ1) is 12.0. The van der Waals surface area contributed by atoms with Crippen molar-refractivity contribution in [2.75, 3.05) is 25.0 Å². The summed E-state index contributed by atoms with van der Waals surface area (Å²) in [5.41, 5.74) is 0.306. The summed E-state index contributed by atoms with van der Waals surface area (Å²) in [5, 5.41) is 5.26. The molecule has 1 aliphatic heterocycles. The minimum absolute atomic E-state index is 0.0832. The molecule has 0 saturated carbocycles. The van der Waals surface area contributed by atoms with E-state index >= 15 is 0 Å². The average molecular weight is 351 g/mol. The summed E-state index contributed by atoms with van der Waals surface area (Å²) in [4.78, 5) is 37.0. The van der Waals surface area contributed by atoms with Gasteiger partial charge in [-0.25, -0.2) is 9.18 Å². The normalized spacial score (nSPS) is 14.7. The van der Waals surface area contributed by atoms with E-state index in [4.69, 9.17) is 4.74 Å². The zero-order valence-corrected chi connectivity index (χ0v) is 14.1. The van der Waals surface area contributed by atoms with Crippen LogP contribution in [0.25, 0.3) is 0 Å². The van der Waals surface area contributed by atoms with Crippen molar-refractivity contribution in [1.82, 2.24) is 10.2 Å². The molecular formula is C17H22FN3O4. The molecule has 1 fully saturated rings. The molecule has 3 amide bonds. The van der Waals surface area contributed by atoms with Gasteiger partial charge in [0.25, 0.3) is 0 Å². The molecule has 1 aromatic carbocycles. The maximum Gasteiger partial charge on any atom is 0.409 e. The zero-order valence-electron chi connectivity index (χ0n) is 14.1. The fraction of sp³-hybridized carbons (Fsp3) is 0.471. The molecular weight excluding hydrogens is 329 g/mol. The number of anilines is 1. The van der Waals surface area contributed by atoms with Gasteiger partial charge >= 0.3 is 6.09 Å². The summed E-state index contributed by atoms with van der Waals surface area (Å²) in [6, 6.07) is 5.39. The minimum Gasteiger partial charge on any atom is -0.450 e. The first-order valence-corrected chi connectivity index (χ1v) is 8.24. The van der Waals surface area contributed by atoms with Gasteiger partial charge in [0.2, 0.25) is 11.8 Å². The van der Waals surface area contributed by atoms with Crippen LogP contribution in [0.2, 0.25) is 0 Å². The van der Waals surface area contributed by atoms with Crippen LogP contribution in [0.15, 0.2) is 24.3 Å². The quantitative estimate of drug-likeness (QED) is 0.793. The van der Waals surface area contributed by atoms with E-state index in [2.05, 4.69) is 10.6 Å². The van der Waals surface area contributed by atoms with Crippen molar-refractivity contribution in [2.24, 2.45) is 0 Å². The summed E-state index contributed by atoms with van der Waals surface area (Å²) in [6.07, 6.45) is 0.530. The maximum absolute atomic E-state index is 13.1. The SMILES string of the molecule is CCOC(=O)N1CCC(NC(=O)CC(=O)Nc2cccc(F)c2)CC1. The fourth-order valence-electron chi connectivity index (χ4n) is 2.62. The summed E-state index contributed by atoms with van der Waals surface area (Å²) >= 11 is 0. The van der Waals surface area contributed by atoms with Crippen molar-refractivity contribution in [3.63, 3.8) is 0 Å². The van der Waals surface area contributed by atoms with E-state index in [0.29, 0.717) is 38.2 Å². The van der Waals surface area contributed by atoms with E-state index in [9.17, 15) is 18.8 Å². The molecule has 1 saturated heterocycles. The lowest BCUT2D eigenvalue weighted by Crippen LogP contribution is -2.47. The molecule has 1 aliphatic rings. The smallest absolute Gasteiger partial charge is 0.409 e. The van der Waals surface area contributed by atoms with Crippen molar-refractivity contribution in [2.45, 2.75) is 32.2 Å². The van der Waals surface area contributed by atoms with Crippen LogP contribution >= 0.6 is 0 Å². The number of hydrogen-bond donors (Lipinski definition) is 2. The number of amides is 3. The van der Waals surface area contributed by atoms with Gasteiger partial charge in [0.1, 0.15) is 12.2 Å². The number of hydrogen-bond acceptors (Lipinski definition) is 4. The third kappa shape index (κ3) is 6.06. The Balaban J connectivity index is 1.72. The first kappa shape index (κ1) is 18.7. The van der Waals surface area contributed by atoms with E-state index in [-0.39, 0.29) is 18.6 Å². The topological polar surface area (TPSA) is 87.7 Å². The van der Waals surface area contributed by atoms with Crippen LogP contribution in [0.1, 0.15) is 26.2 Å². The number of rotatable bonds is 5. The fourth-order valence-corrected chi connectivity index (χ4v) is 2.62. The predicted octanol–water partition coefficient (Wildman–Crippen LogP) is 1.89. The Morgan fingerprint density at radius 2 is 1.96 bits per heavy atom. The number of piperidine rings is 1. The van der Waals surface area contributed by atoms with Crippen LogP contribution in [0.4, 0.5) is 14.9 Å². The second kappa shape index (κ2) is 9.00. The standard InChI is InChI=1S/C17H22FN3O4/c1-2-25-17(24)21-8-6-13(7-9-21)19-15(22)11-16(23)20-14-5-3-4-12(18)10-14/h3-5,10,13H,2,6-9,11H2,1H3,(H,19,22)(H,20,23). The largest absolute Gasteiger partial charge is 0.450 e. The number of benzene rings is 1. The third-order valence-electron chi connectivity index (χ3n) is 3.82. The van der Waals surface area contributed by atoms with Crippen molar-refractivity contribution in [3.05, 3.63) is 30.1 Å². The third-order valence-corrected chi connectivity index (χ3v) is 3.82. The Morgan fingerprint density at radius 1 is 1.24 bits per heavy atom. The molecule has 1 heterocycles. The molecule has 0 aliphatic carbocycles. The van der Waals surface area contributed by atoms with E-state index < -0.39 is 17.6 Å². The Bertz CT molecular complexity index is 630. The molecule has 25 heavy (non-hydrogen) atoms. The summed E-state index contributed by atoms with van der Waals surface area (Å²) < 4.78 is 18.0. The average Bonchev–Trinajstić information content (AvgIpc) is 2.55. The molecule has 136 valence electrons. The number of carbonyl (C=O) groups is 3. The number of likely N-dealkylation sites (tertiary alicyclic amines) is 1. The highest BCUT2D eigenvalue weighted by molar-refractivity contribution is 6.03. The molecule has 7 nitrogen and oxygen atoms in total. The van der Waals surface area contributed by atoms with Gasteiger partial charge in [-0.2, -0.15) is 0 Å². The number of nitrogens with one attached hydrogen (secondary N) is 2. The molecule has 0 atom stereocenters. The van der Waals surface area contributed by atoms with E-state index in [0.717, 1.165) is 0 Å². The first-order valence-electron chi connectivity index (χ1n) is 8.24. The molecule has 2 rings (SSSR count). The Hall–Kier alpha value is -2.64. The van der Waals surface area contributed by atoms with Crippen LogP contribution in [-0.2, 0) is 14.3 Å². The van der Waals surface area contributed by atoms with Gasteiger partial charge in [-0.3, -0.25) is 9.59 Å². The van der Waals surface area contributed by atoms with Gasteiger partial charge in [0, 0.05) is 24.8 Å². The van der Waals surface area contributed by atoms with E-state index in [1.807, 2.05) is 0 Å². The van der Waals surface area contributed by atoms with Gasteiger partial charge in [0.15, 0.2) is 0 Å². The van der Waals surface area contributed by atoms with Gasteiger partial charge in [-0.1, -0.05) is 6.07 Å². The van der Waals surface area contributed by atoms with Crippen LogP contribution in [-0.4, -0.2) is 48.5 Å². The zero-order chi connectivity index (χ0) is 18.2. The van der Waals surface area contributed by atoms with Crippen molar-refractivity contribution in [1.29, 1.82) is 0 Å². The molecule has 0 unspecified atom stereocenters. The highest BCUT2D eigenvalue weighted by Gasteiger charge is 2.25. The molecule has 0 radical (unpaired) electrons. The Labute approximate surface area is 145 Å². The second-order valence-electron chi connectivity index (χ2n) is 5.76. The van der Waals surface area contributed by atoms with Crippen LogP contribution in [0, 0.1) is 5.82 Å². The van der Waals surface area contributed by atoms with Gasteiger partial charge in [-0.05, 0) is 38.0 Å². The second-order valence-corrected chi connectivity index (χ2v) is 5.76. The monoisotopic (exact) mass is 351 g/mol. The highest BCUT2D eigenvalue weighted by atomic mass is 19.1.